The molecule has 1 rings (SSSR count). The van der Waals surface area contributed by atoms with Gasteiger partial charge in [-0.15, -0.1) is 0 Å². The van der Waals surface area contributed by atoms with E-state index in [1.807, 2.05) is 0 Å². The number of hydrogen-bond donors (Lipinski definition) is 2. The molecule has 0 aliphatic heterocycles. The second-order valence-corrected chi connectivity index (χ2v) is 7.72. The predicted molar refractivity (Wildman–Crippen MR) is 71.1 cm³/mol. The van der Waals surface area contributed by atoms with Gasteiger partial charge in [0.15, 0.2) is 0 Å². The summed E-state index contributed by atoms with van der Waals surface area (Å²) in [6.07, 6.45) is 0. The van der Waals surface area contributed by atoms with Gasteiger partial charge in [-0.25, -0.2) is 26.7 Å². The second-order valence-electron chi connectivity index (χ2n) is 3.33. The SMILES string of the molecule is C=C(Br)CNS(=O)(=O)c1ccccc1S(N)(=O)=O. The first kappa shape index (κ1) is 15.3. The van der Waals surface area contributed by atoms with E-state index in [-0.39, 0.29) is 11.4 Å². The monoisotopic (exact) mass is 354 g/mol. The smallest absolute Gasteiger partial charge is 0.225 e. The molecule has 9 heteroatoms. The zero-order chi connectivity index (χ0) is 14.0. The maximum Gasteiger partial charge on any atom is 0.242 e. The molecule has 0 radical (unpaired) electrons. The van der Waals surface area contributed by atoms with Gasteiger partial charge in [0.1, 0.15) is 9.79 Å². The lowest BCUT2D eigenvalue weighted by molar-refractivity contribution is 0.576. The van der Waals surface area contributed by atoms with E-state index in [4.69, 9.17) is 5.14 Å². The van der Waals surface area contributed by atoms with Crippen molar-refractivity contribution in [2.45, 2.75) is 9.79 Å². The van der Waals surface area contributed by atoms with E-state index in [0.29, 0.717) is 4.48 Å². The highest BCUT2D eigenvalue weighted by molar-refractivity contribution is 9.11. The fourth-order valence-electron chi connectivity index (χ4n) is 1.16. The van der Waals surface area contributed by atoms with Crippen LogP contribution in [0, 0.1) is 0 Å². The Labute approximate surface area is 114 Å². The van der Waals surface area contributed by atoms with Crippen molar-refractivity contribution in [2.75, 3.05) is 6.54 Å². The lowest BCUT2D eigenvalue weighted by Gasteiger charge is -2.09. The highest BCUT2D eigenvalue weighted by Crippen LogP contribution is 2.19. The molecule has 100 valence electrons. The van der Waals surface area contributed by atoms with Crippen molar-refractivity contribution in [2.24, 2.45) is 5.14 Å². The van der Waals surface area contributed by atoms with Gasteiger partial charge in [-0.05, 0) is 12.1 Å². The largest absolute Gasteiger partial charge is 0.242 e. The summed E-state index contributed by atoms with van der Waals surface area (Å²) in [5.41, 5.74) is 0. The Bertz CT molecular complexity index is 668. The van der Waals surface area contributed by atoms with Gasteiger partial charge in [-0.1, -0.05) is 34.6 Å². The number of primary sulfonamides is 1. The number of sulfonamides is 2. The van der Waals surface area contributed by atoms with Crippen molar-refractivity contribution in [3.8, 4) is 0 Å². The van der Waals surface area contributed by atoms with E-state index in [2.05, 4.69) is 27.2 Å². The van der Waals surface area contributed by atoms with Gasteiger partial charge in [-0.3, -0.25) is 0 Å². The second kappa shape index (κ2) is 5.49. The average molecular weight is 355 g/mol. The van der Waals surface area contributed by atoms with Crippen LogP contribution in [0.1, 0.15) is 0 Å². The molecule has 1 aromatic carbocycles. The first-order chi connectivity index (χ1) is 8.14. The average Bonchev–Trinajstić information content (AvgIpc) is 2.25. The molecule has 0 heterocycles. The van der Waals surface area contributed by atoms with Crippen LogP contribution in [0.3, 0.4) is 0 Å². The zero-order valence-electron chi connectivity index (χ0n) is 9.13. The van der Waals surface area contributed by atoms with Crippen molar-refractivity contribution in [1.82, 2.24) is 4.72 Å². The molecule has 0 aromatic heterocycles. The molecule has 0 unspecified atom stereocenters. The number of nitrogens with one attached hydrogen (secondary N) is 1. The van der Waals surface area contributed by atoms with E-state index in [9.17, 15) is 16.8 Å². The normalized spacial score (nSPS) is 12.3. The fraction of sp³-hybridized carbons (Fsp3) is 0.111. The molecule has 6 nitrogen and oxygen atoms in total. The molecule has 1 aromatic rings. The Morgan fingerprint density at radius 3 is 2.17 bits per heavy atom. The molecule has 0 saturated heterocycles. The Morgan fingerprint density at radius 1 is 1.22 bits per heavy atom. The number of hydrogen-bond acceptors (Lipinski definition) is 4. The van der Waals surface area contributed by atoms with E-state index < -0.39 is 24.9 Å². The van der Waals surface area contributed by atoms with Crippen LogP contribution >= 0.6 is 15.9 Å². The third-order valence-electron chi connectivity index (χ3n) is 1.90. The van der Waals surface area contributed by atoms with Gasteiger partial charge >= 0.3 is 0 Å². The minimum absolute atomic E-state index is 0.0543. The van der Waals surface area contributed by atoms with E-state index in [1.165, 1.54) is 18.2 Å². The van der Waals surface area contributed by atoms with Crippen LogP contribution in [0.4, 0.5) is 0 Å². The molecule has 0 amide bonds. The van der Waals surface area contributed by atoms with Gasteiger partial charge in [0.25, 0.3) is 0 Å². The van der Waals surface area contributed by atoms with Crippen LogP contribution in [0.2, 0.25) is 0 Å². The van der Waals surface area contributed by atoms with Crippen LogP contribution in [0.25, 0.3) is 0 Å². The molecule has 0 aliphatic carbocycles. The highest BCUT2D eigenvalue weighted by Gasteiger charge is 2.23. The topological polar surface area (TPSA) is 106 Å². The van der Waals surface area contributed by atoms with Crippen molar-refractivity contribution < 1.29 is 16.8 Å². The van der Waals surface area contributed by atoms with E-state index in [0.717, 1.165) is 6.07 Å². The van der Waals surface area contributed by atoms with E-state index in [1.54, 1.807) is 0 Å². The summed E-state index contributed by atoms with van der Waals surface area (Å²) in [5, 5.41) is 4.96. The third-order valence-corrected chi connectivity index (χ3v) is 4.74. The summed E-state index contributed by atoms with van der Waals surface area (Å²) in [5.74, 6) is 0. The van der Waals surface area contributed by atoms with Crippen LogP contribution in [-0.4, -0.2) is 23.4 Å². The first-order valence-electron chi connectivity index (χ1n) is 4.59. The Kier molecular flexibility index (Phi) is 4.67. The number of nitrogens with two attached hydrogens (primary N) is 1. The number of rotatable bonds is 5. The lowest BCUT2D eigenvalue weighted by atomic mass is 10.4. The molecular weight excluding hydrogens is 344 g/mol. The maximum atomic E-state index is 11.9. The van der Waals surface area contributed by atoms with Gasteiger partial charge in [0, 0.05) is 11.0 Å². The fourth-order valence-corrected chi connectivity index (χ4v) is 3.89. The minimum Gasteiger partial charge on any atom is -0.225 e. The van der Waals surface area contributed by atoms with Crippen molar-refractivity contribution in [3.05, 3.63) is 35.3 Å². The lowest BCUT2D eigenvalue weighted by Crippen LogP contribution is -2.27. The van der Waals surface area contributed by atoms with Crippen molar-refractivity contribution in [1.29, 1.82) is 0 Å². The molecule has 0 saturated carbocycles. The van der Waals surface area contributed by atoms with Crippen LogP contribution in [-0.2, 0) is 20.0 Å². The summed E-state index contributed by atoms with van der Waals surface area (Å²) in [7, 11) is -8.08. The highest BCUT2D eigenvalue weighted by atomic mass is 79.9. The maximum absolute atomic E-state index is 11.9. The first-order valence-corrected chi connectivity index (χ1v) is 8.41. The summed E-state index contributed by atoms with van der Waals surface area (Å²) in [6, 6.07) is 5.10. The van der Waals surface area contributed by atoms with Crippen LogP contribution in [0.15, 0.2) is 45.1 Å². The third kappa shape index (κ3) is 3.89. The molecular formula is C9H11BrN2O4S2. The summed E-state index contributed by atoms with van der Waals surface area (Å²) < 4.78 is 49.0. The molecule has 0 aliphatic rings. The summed E-state index contributed by atoms with van der Waals surface area (Å²) in [6.45, 7) is 3.42. The summed E-state index contributed by atoms with van der Waals surface area (Å²) >= 11 is 2.99. The molecule has 18 heavy (non-hydrogen) atoms. The van der Waals surface area contributed by atoms with Gasteiger partial charge in [0.2, 0.25) is 20.0 Å². The van der Waals surface area contributed by atoms with Gasteiger partial charge in [0.05, 0.1) is 0 Å². The van der Waals surface area contributed by atoms with E-state index >= 15 is 0 Å². The molecule has 0 spiro atoms. The quantitative estimate of drug-likeness (QED) is 0.803. The predicted octanol–water partition coefficient (Wildman–Crippen LogP) is 0.521. The van der Waals surface area contributed by atoms with Gasteiger partial charge in [-0.2, -0.15) is 0 Å². The molecule has 0 bridgehead atoms. The standard InChI is InChI=1S/C9H11BrN2O4S2/c1-7(10)6-12-18(15,16)9-5-3-2-4-8(9)17(11,13)14/h2-5,12H,1,6H2,(H2,11,13,14). The number of benzene rings is 1. The van der Waals surface area contributed by atoms with Crippen LogP contribution in [0.5, 0.6) is 0 Å². The molecule has 0 atom stereocenters. The van der Waals surface area contributed by atoms with Crippen molar-refractivity contribution >= 4 is 36.0 Å². The Balaban J connectivity index is 3.30. The van der Waals surface area contributed by atoms with Gasteiger partial charge < -0.3 is 0 Å². The number of halogens is 1. The Hall–Kier alpha value is -0.740. The van der Waals surface area contributed by atoms with Crippen LogP contribution < -0.4 is 9.86 Å². The minimum atomic E-state index is -4.11. The Morgan fingerprint density at radius 2 is 1.72 bits per heavy atom. The van der Waals surface area contributed by atoms with Crippen molar-refractivity contribution in [3.63, 3.8) is 0 Å². The molecule has 0 fully saturated rings. The zero-order valence-corrected chi connectivity index (χ0v) is 12.3. The summed E-state index contributed by atoms with van der Waals surface area (Å²) in [4.78, 5) is -0.834. The molecule has 3 N–H and O–H groups in total.